The van der Waals surface area contributed by atoms with Gasteiger partial charge in [-0.15, -0.1) is 11.3 Å². The van der Waals surface area contributed by atoms with Gasteiger partial charge in [0.2, 0.25) is 0 Å². The highest BCUT2D eigenvalue weighted by Crippen LogP contribution is 2.49. The summed E-state index contributed by atoms with van der Waals surface area (Å²) in [5, 5.41) is 7.26. The van der Waals surface area contributed by atoms with Gasteiger partial charge < -0.3 is 13.9 Å². The molecule has 0 atom stereocenters. The standard InChI is InChI=1S/C60H38N2OS/c1-2-14-39(15-3-1)40-28-32-43(33-29-40)61(45-17-12-16-42(38-45)46-22-13-23-51-50-20-6-10-26-56(50)63-59(46)51)55-37-36-47(60-58(55)52-21-7-11-27-57(52)64-60)41-30-34-44(35-31-41)62-53-24-8-4-18-48(53)49-19-5-9-25-54(49)62/h1-38H. The molecule has 300 valence electrons. The lowest BCUT2D eigenvalue weighted by molar-refractivity contribution is 0.670. The van der Waals surface area contributed by atoms with Crippen molar-refractivity contribution in [2.45, 2.75) is 0 Å². The maximum absolute atomic E-state index is 6.57. The fourth-order valence-electron chi connectivity index (χ4n) is 9.86. The smallest absolute Gasteiger partial charge is 0.143 e. The molecule has 4 heteroatoms. The molecule has 0 aliphatic rings. The number of aromatic nitrogens is 1. The van der Waals surface area contributed by atoms with Crippen LogP contribution in [0.3, 0.4) is 0 Å². The molecule has 0 bridgehead atoms. The van der Waals surface area contributed by atoms with E-state index in [0.29, 0.717) is 0 Å². The van der Waals surface area contributed by atoms with E-state index in [1.54, 1.807) is 0 Å². The zero-order valence-corrected chi connectivity index (χ0v) is 35.5. The molecule has 0 saturated heterocycles. The minimum absolute atomic E-state index is 0.898. The summed E-state index contributed by atoms with van der Waals surface area (Å²) < 4.78 is 11.5. The van der Waals surface area contributed by atoms with Gasteiger partial charge in [0.1, 0.15) is 11.2 Å². The highest BCUT2D eigenvalue weighted by Gasteiger charge is 2.23. The van der Waals surface area contributed by atoms with Crippen LogP contribution in [0.4, 0.5) is 17.1 Å². The topological polar surface area (TPSA) is 21.3 Å². The molecule has 3 aromatic heterocycles. The molecule has 3 heterocycles. The molecular weight excluding hydrogens is 797 g/mol. The van der Waals surface area contributed by atoms with Gasteiger partial charge in [0.05, 0.1) is 16.7 Å². The molecule has 0 amide bonds. The van der Waals surface area contributed by atoms with E-state index in [1.165, 1.54) is 64.2 Å². The Morgan fingerprint density at radius 3 is 1.78 bits per heavy atom. The first kappa shape index (κ1) is 36.5. The third-order valence-corrected chi connectivity index (χ3v) is 14.0. The van der Waals surface area contributed by atoms with Crippen LogP contribution in [-0.4, -0.2) is 4.57 Å². The van der Waals surface area contributed by atoms with Crippen molar-refractivity contribution < 1.29 is 4.42 Å². The van der Waals surface area contributed by atoms with Gasteiger partial charge in [-0.2, -0.15) is 0 Å². The number of nitrogens with zero attached hydrogens (tertiary/aromatic N) is 2. The summed E-state index contributed by atoms with van der Waals surface area (Å²) in [6, 6.07) is 83.4. The molecular formula is C60H38N2OS. The first-order valence-corrected chi connectivity index (χ1v) is 22.6. The Kier molecular flexibility index (Phi) is 8.40. The van der Waals surface area contributed by atoms with Crippen molar-refractivity contribution in [3.63, 3.8) is 0 Å². The highest BCUT2D eigenvalue weighted by atomic mass is 32.1. The van der Waals surface area contributed by atoms with Gasteiger partial charge in [0, 0.05) is 64.3 Å². The summed E-state index contributed by atoms with van der Waals surface area (Å²) in [5.41, 5.74) is 15.6. The van der Waals surface area contributed by atoms with Crippen molar-refractivity contribution in [1.82, 2.24) is 4.57 Å². The van der Waals surface area contributed by atoms with E-state index in [2.05, 4.69) is 234 Å². The van der Waals surface area contributed by atoms with E-state index < -0.39 is 0 Å². The van der Waals surface area contributed by atoms with E-state index in [9.17, 15) is 0 Å². The van der Waals surface area contributed by atoms with Crippen LogP contribution >= 0.6 is 11.3 Å². The number of hydrogen-bond donors (Lipinski definition) is 0. The molecule has 0 aliphatic heterocycles. The number of benzene rings is 10. The van der Waals surface area contributed by atoms with Gasteiger partial charge in [-0.3, -0.25) is 0 Å². The zero-order chi connectivity index (χ0) is 42.1. The van der Waals surface area contributed by atoms with Crippen LogP contribution in [0.25, 0.3) is 103 Å². The summed E-state index contributed by atoms with van der Waals surface area (Å²) >= 11 is 1.87. The van der Waals surface area contributed by atoms with Crippen LogP contribution in [-0.2, 0) is 0 Å². The Balaban J connectivity index is 0.991. The lowest BCUT2D eigenvalue weighted by Gasteiger charge is -2.28. The Morgan fingerprint density at radius 1 is 0.391 bits per heavy atom. The Labute approximate surface area is 373 Å². The summed E-state index contributed by atoms with van der Waals surface area (Å²) in [6.45, 7) is 0. The van der Waals surface area contributed by atoms with E-state index in [4.69, 9.17) is 4.42 Å². The van der Waals surface area contributed by atoms with Crippen LogP contribution in [0.5, 0.6) is 0 Å². The van der Waals surface area contributed by atoms with E-state index in [-0.39, 0.29) is 0 Å². The minimum atomic E-state index is 0.898. The molecule has 0 spiro atoms. The number of furan rings is 1. The van der Waals surface area contributed by atoms with Gasteiger partial charge in [0.25, 0.3) is 0 Å². The quantitative estimate of drug-likeness (QED) is 0.159. The van der Waals surface area contributed by atoms with Crippen LogP contribution in [0.1, 0.15) is 0 Å². The summed E-state index contributed by atoms with van der Waals surface area (Å²) in [7, 11) is 0. The number of anilines is 3. The first-order chi connectivity index (χ1) is 31.7. The third kappa shape index (κ3) is 5.81. The average Bonchev–Trinajstić information content (AvgIpc) is 4.05. The number of para-hydroxylation sites is 4. The molecule has 0 unspecified atom stereocenters. The second-order valence-corrected chi connectivity index (χ2v) is 17.5. The fourth-order valence-corrected chi connectivity index (χ4v) is 11.1. The molecule has 13 aromatic rings. The summed E-state index contributed by atoms with van der Waals surface area (Å²) in [4.78, 5) is 2.44. The summed E-state index contributed by atoms with van der Waals surface area (Å²) in [6.07, 6.45) is 0. The van der Waals surface area contributed by atoms with Gasteiger partial charge in [0.15, 0.2) is 0 Å². The predicted molar refractivity (Wildman–Crippen MR) is 272 cm³/mol. The lowest BCUT2D eigenvalue weighted by atomic mass is 9.98. The largest absolute Gasteiger partial charge is 0.455 e. The molecule has 0 saturated carbocycles. The molecule has 13 rings (SSSR count). The average molecular weight is 835 g/mol. The van der Waals surface area contributed by atoms with Crippen molar-refractivity contribution >= 4 is 92.3 Å². The molecule has 10 aromatic carbocycles. The lowest BCUT2D eigenvalue weighted by Crippen LogP contribution is -2.10. The molecule has 0 aliphatic carbocycles. The number of rotatable bonds is 7. The van der Waals surface area contributed by atoms with E-state index in [1.807, 2.05) is 17.4 Å². The van der Waals surface area contributed by atoms with Gasteiger partial charge in [-0.05, 0) is 94.5 Å². The van der Waals surface area contributed by atoms with Crippen LogP contribution in [0, 0.1) is 0 Å². The Morgan fingerprint density at radius 2 is 1.00 bits per heavy atom. The van der Waals surface area contributed by atoms with E-state index in [0.717, 1.165) is 55.8 Å². The fraction of sp³-hybridized carbons (Fsp3) is 0. The monoisotopic (exact) mass is 834 g/mol. The summed E-state index contributed by atoms with van der Waals surface area (Å²) in [5.74, 6) is 0. The Hall–Kier alpha value is -8.18. The SMILES string of the molecule is c1ccc(-c2ccc(N(c3cccc(-c4cccc5c4oc4ccccc45)c3)c3ccc(-c4ccc(-n5c6ccccc6c6ccccc65)cc4)c4sc5ccccc5c34)cc2)cc1. The van der Waals surface area contributed by atoms with Crippen molar-refractivity contribution in [2.75, 3.05) is 4.90 Å². The zero-order valence-electron chi connectivity index (χ0n) is 34.7. The predicted octanol–water partition coefficient (Wildman–Crippen LogP) is 17.5. The van der Waals surface area contributed by atoms with Crippen molar-refractivity contribution in [1.29, 1.82) is 0 Å². The van der Waals surface area contributed by atoms with Crippen LogP contribution in [0.15, 0.2) is 235 Å². The van der Waals surface area contributed by atoms with Gasteiger partial charge >= 0.3 is 0 Å². The van der Waals surface area contributed by atoms with Gasteiger partial charge in [-0.1, -0.05) is 164 Å². The van der Waals surface area contributed by atoms with Crippen molar-refractivity contribution in [3.8, 4) is 39.1 Å². The molecule has 0 fully saturated rings. The molecule has 0 radical (unpaired) electrons. The van der Waals surface area contributed by atoms with E-state index >= 15 is 0 Å². The minimum Gasteiger partial charge on any atom is -0.455 e. The van der Waals surface area contributed by atoms with Gasteiger partial charge in [-0.25, -0.2) is 0 Å². The number of fused-ring (bicyclic) bond motifs is 9. The van der Waals surface area contributed by atoms with Crippen molar-refractivity contribution in [3.05, 3.63) is 231 Å². The molecule has 0 N–H and O–H groups in total. The van der Waals surface area contributed by atoms with Crippen LogP contribution < -0.4 is 4.90 Å². The second kappa shape index (κ2) is 14.7. The molecule has 64 heavy (non-hydrogen) atoms. The maximum atomic E-state index is 6.57. The number of hydrogen-bond acceptors (Lipinski definition) is 3. The molecule has 3 nitrogen and oxygen atoms in total. The second-order valence-electron chi connectivity index (χ2n) is 16.4. The normalized spacial score (nSPS) is 11.8. The number of thiophene rings is 1. The Bertz CT molecular complexity index is 3840. The highest BCUT2D eigenvalue weighted by molar-refractivity contribution is 7.26. The maximum Gasteiger partial charge on any atom is 0.143 e. The third-order valence-electron chi connectivity index (χ3n) is 12.8. The van der Waals surface area contributed by atoms with Crippen LogP contribution in [0.2, 0.25) is 0 Å². The first-order valence-electron chi connectivity index (χ1n) is 21.7. The van der Waals surface area contributed by atoms with Crippen molar-refractivity contribution in [2.24, 2.45) is 0 Å².